The molecule has 0 aliphatic heterocycles. The van der Waals surface area contributed by atoms with Gasteiger partial charge >= 0.3 is 0 Å². The van der Waals surface area contributed by atoms with Crippen LogP contribution in [0, 0.1) is 0 Å². The Labute approximate surface area is 108 Å². The Morgan fingerprint density at radius 2 is 2.12 bits per heavy atom. The van der Waals surface area contributed by atoms with Crippen molar-refractivity contribution in [2.24, 2.45) is 5.73 Å². The Balaban J connectivity index is 2.46. The lowest BCUT2D eigenvalue weighted by Crippen LogP contribution is -2.01. The first-order chi connectivity index (χ1) is 7.58. The van der Waals surface area contributed by atoms with Crippen LogP contribution in [0.4, 0.5) is 0 Å². The third-order valence-corrected chi connectivity index (χ3v) is 3.93. The second-order valence-corrected chi connectivity index (χ2v) is 5.39. The highest BCUT2D eigenvalue weighted by molar-refractivity contribution is 7.15. The first-order valence-corrected chi connectivity index (χ1v) is 6.32. The number of rotatable bonds is 2. The van der Waals surface area contributed by atoms with E-state index in [9.17, 15) is 0 Å². The fourth-order valence-corrected chi connectivity index (χ4v) is 2.62. The van der Waals surface area contributed by atoms with Gasteiger partial charge in [0.2, 0.25) is 0 Å². The molecule has 0 fully saturated rings. The van der Waals surface area contributed by atoms with E-state index < -0.39 is 0 Å². The number of benzene rings is 1. The van der Waals surface area contributed by atoms with Crippen molar-refractivity contribution in [1.82, 2.24) is 4.98 Å². The van der Waals surface area contributed by atoms with Crippen molar-refractivity contribution in [3.8, 4) is 10.6 Å². The topological polar surface area (TPSA) is 38.9 Å². The van der Waals surface area contributed by atoms with E-state index in [0.717, 1.165) is 15.4 Å². The van der Waals surface area contributed by atoms with Crippen molar-refractivity contribution in [2.45, 2.75) is 13.0 Å². The van der Waals surface area contributed by atoms with E-state index in [0.29, 0.717) is 10.0 Å². The molecule has 0 saturated carbocycles. The van der Waals surface area contributed by atoms with Crippen LogP contribution in [0.5, 0.6) is 0 Å². The minimum Gasteiger partial charge on any atom is -0.323 e. The van der Waals surface area contributed by atoms with Gasteiger partial charge < -0.3 is 5.73 Å². The maximum Gasteiger partial charge on any atom is 0.125 e. The average Bonchev–Trinajstić information content (AvgIpc) is 2.70. The number of hydrogen-bond acceptors (Lipinski definition) is 3. The summed E-state index contributed by atoms with van der Waals surface area (Å²) in [5.41, 5.74) is 6.64. The molecule has 0 bridgehead atoms. The number of halogens is 2. The fraction of sp³-hybridized carbons (Fsp3) is 0.182. The van der Waals surface area contributed by atoms with Gasteiger partial charge in [0.05, 0.1) is 5.02 Å². The summed E-state index contributed by atoms with van der Waals surface area (Å²) in [7, 11) is 0. The lowest BCUT2D eigenvalue weighted by Gasteiger charge is -2.01. The van der Waals surface area contributed by atoms with E-state index in [-0.39, 0.29) is 6.04 Å². The van der Waals surface area contributed by atoms with E-state index >= 15 is 0 Å². The van der Waals surface area contributed by atoms with Crippen LogP contribution in [0.1, 0.15) is 17.8 Å². The van der Waals surface area contributed by atoms with Crippen LogP contribution in [-0.2, 0) is 0 Å². The normalized spacial score (nSPS) is 12.8. The molecule has 16 heavy (non-hydrogen) atoms. The van der Waals surface area contributed by atoms with Gasteiger partial charge in [0.25, 0.3) is 0 Å². The molecular weight excluding hydrogens is 263 g/mol. The van der Waals surface area contributed by atoms with Crippen LogP contribution in [0.3, 0.4) is 0 Å². The van der Waals surface area contributed by atoms with E-state index in [1.165, 1.54) is 11.3 Å². The minimum atomic E-state index is -0.00999. The van der Waals surface area contributed by atoms with Crippen molar-refractivity contribution in [1.29, 1.82) is 0 Å². The fourth-order valence-electron chi connectivity index (χ4n) is 1.28. The average molecular weight is 273 g/mol. The largest absolute Gasteiger partial charge is 0.323 e. The van der Waals surface area contributed by atoms with Crippen molar-refractivity contribution in [3.63, 3.8) is 0 Å². The molecule has 2 rings (SSSR count). The second-order valence-electron chi connectivity index (χ2n) is 3.48. The number of thiazole rings is 1. The highest BCUT2D eigenvalue weighted by Gasteiger charge is 2.11. The van der Waals surface area contributed by atoms with Gasteiger partial charge in [-0.15, -0.1) is 11.3 Å². The zero-order chi connectivity index (χ0) is 11.7. The Hall–Kier alpha value is -0.610. The van der Waals surface area contributed by atoms with Crippen LogP contribution in [-0.4, -0.2) is 4.98 Å². The van der Waals surface area contributed by atoms with Crippen molar-refractivity contribution in [2.75, 3.05) is 0 Å². The van der Waals surface area contributed by atoms with Gasteiger partial charge in [0, 0.05) is 27.7 Å². The van der Waals surface area contributed by atoms with Gasteiger partial charge in [0.1, 0.15) is 5.01 Å². The number of hydrogen-bond donors (Lipinski definition) is 1. The van der Waals surface area contributed by atoms with E-state index in [4.69, 9.17) is 28.9 Å². The Kier molecular flexibility index (Phi) is 3.50. The van der Waals surface area contributed by atoms with Gasteiger partial charge in [-0.1, -0.05) is 23.2 Å². The van der Waals surface area contributed by atoms with Crippen molar-refractivity contribution >= 4 is 34.5 Å². The van der Waals surface area contributed by atoms with Crippen LogP contribution in [0.25, 0.3) is 10.6 Å². The minimum absolute atomic E-state index is 0.00999. The van der Waals surface area contributed by atoms with Crippen LogP contribution < -0.4 is 5.73 Å². The highest BCUT2D eigenvalue weighted by Crippen LogP contribution is 2.34. The van der Waals surface area contributed by atoms with Crippen LogP contribution in [0.15, 0.2) is 24.4 Å². The second kappa shape index (κ2) is 4.72. The summed E-state index contributed by atoms with van der Waals surface area (Å²) in [4.78, 5) is 5.34. The molecule has 1 heterocycles. The Morgan fingerprint density at radius 3 is 2.75 bits per heavy atom. The molecule has 2 nitrogen and oxygen atoms in total. The molecule has 0 saturated heterocycles. The maximum absolute atomic E-state index is 6.10. The quantitative estimate of drug-likeness (QED) is 0.893. The predicted molar refractivity (Wildman–Crippen MR) is 70.2 cm³/mol. The third kappa shape index (κ3) is 2.38. The van der Waals surface area contributed by atoms with Gasteiger partial charge in [0.15, 0.2) is 0 Å². The molecule has 2 N–H and O–H groups in total. The summed E-state index contributed by atoms with van der Waals surface area (Å²) < 4.78 is 0. The molecule has 1 atom stereocenters. The molecule has 1 aromatic carbocycles. The maximum atomic E-state index is 6.10. The highest BCUT2D eigenvalue weighted by atomic mass is 35.5. The van der Waals surface area contributed by atoms with Gasteiger partial charge in [-0.3, -0.25) is 0 Å². The van der Waals surface area contributed by atoms with Crippen LogP contribution in [0.2, 0.25) is 10.0 Å². The standard InChI is InChI=1S/C11H10Cl2N2S/c1-6(14)10-5-15-11(16-10)8-4-7(12)2-3-9(8)13/h2-6H,14H2,1H3. The summed E-state index contributed by atoms with van der Waals surface area (Å²) in [6.07, 6.45) is 1.78. The lowest BCUT2D eigenvalue weighted by atomic mass is 10.2. The predicted octanol–water partition coefficient (Wildman–Crippen LogP) is 4.14. The molecule has 5 heteroatoms. The number of aromatic nitrogens is 1. The zero-order valence-electron chi connectivity index (χ0n) is 8.58. The molecule has 84 valence electrons. The van der Waals surface area contributed by atoms with E-state index in [1.807, 2.05) is 13.0 Å². The number of nitrogens with two attached hydrogens (primary N) is 1. The molecule has 0 radical (unpaired) electrons. The Morgan fingerprint density at radius 1 is 1.38 bits per heavy atom. The molecule has 0 aliphatic carbocycles. The molecule has 0 amide bonds. The molecule has 1 aromatic heterocycles. The van der Waals surface area contributed by atoms with Crippen molar-refractivity contribution in [3.05, 3.63) is 39.3 Å². The summed E-state index contributed by atoms with van der Waals surface area (Å²) in [6, 6.07) is 5.33. The summed E-state index contributed by atoms with van der Waals surface area (Å²) >= 11 is 13.6. The molecule has 1 unspecified atom stereocenters. The van der Waals surface area contributed by atoms with Crippen molar-refractivity contribution < 1.29 is 0 Å². The molecular formula is C11H10Cl2N2S. The summed E-state index contributed by atoms with van der Waals surface area (Å²) in [5.74, 6) is 0. The van der Waals surface area contributed by atoms with Crippen LogP contribution >= 0.6 is 34.5 Å². The van der Waals surface area contributed by atoms with Gasteiger partial charge in [-0.2, -0.15) is 0 Å². The lowest BCUT2D eigenvalue weighted by molar-refractivity contribution is 0.835. The smallest absolute Gasteiger partial charge is 0.125 e. The monoisotopic (exact) mass is 272 g/mol. The first-order valence-electron chi connectivity index (χ1n) is 4.74. The first kappa shape index (κ1) is 11.9. The zero-order valence-corrected chi connectivity index (χ0v) is 10.9. The SMILES string of the molecule is CC(N)c1cnc(-c2cc(Cl)ccc2Cl)s1. The summed E-state index contributed by atoms with van der Waals surface area (Å²) in [6.45, 7) is 1.93. The van der Waals surface area contributed by atoms with Gasteiger partial charge in [-0.05, 0) is 25.1 Å². The number of nitrogens with zero attached hydrogens (tertiary/aromatic N) is 1. The van der Waals surface area contributed by atoms with E-state index in [1.54, 1.807) is 18.3 Å². The van der Waals surface area contributed by atoms with Gasteiger partial charge in [-0.25, -0.2) is 4.98 Å². The molecule has 0 aliphatic rings. The summed E-state index contributed by atoms with van der Waals surface area (Å²) in [5, 5.41) is 2.15. The van der Waals surface area contributed by atoms with E-state index in [2.05, 4.69) is 4.98 Å². The third-order valence-electron chi connectivity index (χ3n) is 2.13. The molecule has 2 aromatic rings. The Bertz CT molecular complexity index is 508. The molecule has 0 spiro atoms.